The molecule has 3 rings (SSSR count). The minimum absolute atomic E-state index is 0.108. The number of hydrogen-bond acceptors (Lipinski definition) is 3. The molecule has 3 saturated carbocycles. The van der Waals surface area contributed by atoms with E-state index in [2.05, 4.69) is 13.8 Å². The van der Waals surface area contributed by atoms with Gasteiger partial charge in [0.1, 0.15) is 6.10 Å². The monoisotopic (exact) mass is 310 g/mol. The Morgan fingerprint density at radius 2 is 1.18 bits per heavy atom. The van der Waals surface area contributed by atoms with Crippen LogP contribution in [0.4, 0.5) is 0 Å². The Bertz CT molecular complexity index is 334. The van der Waals surface area contributed by atoms with Gasteiger partial charge in [-0.25, -0.2) is 0 Å². The number of aliphatic hydroxyl groups excluding tert-OH is 1. The second-order valence-electron chi connectivity index (χ2n) is 8.46. The van der Waals surface area contributed by atoms with Gasteiger partial charge >= 0.3 is 0 Å². The van der Waals surface area contributed by atoms with E-state index in [0.717, 1.165) is 38.5 Å². The topological polar surface area (TPSA) is 38.7 Å². The smallest absolute Gasteiger partial charge is 0.195 e. The van der Waals surface area contributed by atoms with Crippen molar-refractivity contribution in [1.82, 2.24) is 0 Å². The highest BCUT2D eigenvalue weighted by Gasteiger charge is 2.56. The summed E-state index contributed by atoms with van der Waals surface area (Å²) in [6.45, 7) is 4.29. The third-order valence-corrected chi connectivity index (χ3v) is 6.11. The molecule has 0 aromatic heterocycles. The summed E-state index contributed by atoms with van der Waals surface area (Å²) in [6.07, 6.45) is 14.0. The highest BCUT2D eigenvalue weighted by Crippen LogP contribution is 2.49. The van der Waals surface area contributed by atoms with Crippen LogP contribution in [0.25, 0.3) is 0 Å². The van der Waals surface area contributed by atoms with E-state index < -0.39 is 11.9 Å². The first-order chi connectivity index (χ1) is 10.5. The summed E-state index contributed by atoms with van der Waals surface area (Å²) in [5.74, 6) is -0.743. The fraction of sp³-hybridized carbons (Fsp3) is 1.00. The third kappa shape index (κ3) is 3.52. The van der Waals surface area contributed by atoms with Crippen molar-refractivity contribution in [3.05, 3.63) is 0 Å². The Kier molecular flexibility index (Phi) is 5.16. The van der Waals surface area contributed by atoms with Gasteiger partial charge in [-0.05, 0) is 37.5 Å². The van der Waals surface area contributed by atoms with Crippen LogP contribution in [-0.4, -0.2) is 29.2 Å². The van der Waals surface area contributed by atoms with Gasteiger partial charge in [0.2, 0.25) is 0 Å². The molecule has 0 amide bonds. The molecule has 1 unspecified atom stereocenters. The van der Waals surface area contributed by atoms with Crippen LogP contribution in [0.1, 0.15) is 90.9 Å². The minimum Gasteiger partial charge on any atom is -0.387 e. The van der Waals surface area contributed by atoms with Crippen molar-refractivity contribution in [2.45, 2.75) is 115 Å². The predicted octanol–water partition coefficient (Wildman–Crippen LogP) is 4.56. The number of rotatable bonds is 4. The molecule has 3 fully saturated rings. The molecule has 0 radical (unpaired) electrons. The van der Waals surface area contributed by atoms with Crippen LogP contribution in [0.15, 0.2) is 0 Å². The molecule has 0 aliphatic heterocycles. The molecule has 1 N–H and O–H groups in total. The van der Waals surface area contributed by atoms with Gasteiger partial charge in [-0.15, -0.1) is 0 Å². The number of ether oxygens (including phenoxy) is 2. The molecule has 0 spiro atoms. The maximum atomic E-state index is 11.0. The van der Waals surface area contributed by atoms with Gasteiger partial charge in [0.25, 0.3) is 0 Å². The zero-order valence-corrected chi connectivity index (χ0v) is 14.5. The van der Waals surface area contributed by atoms with E-state index >= 15 is 0 Å². The fourth-order valence-corrected chi connectivity index (χ4v) is 4.57. The first-order valence-corrected chi connectivity index (χ1v) is 9.56. The quantitative estimate of drug-likeness (QED) is 0.773. The number of hydrogen-bond donors (Lipinski definition) is 1. The minimum atomic E-state index is -0.743. The Hall–Kier alpha value is -0.120. The highest BCUT2D eigenvalue weighted by atomic mass is 16.7. The summed E-state index contributed by atoms with van der Waals surface area (Å²) in [5.41, 5.74) is -0.108. The molecule has 1 atom stereocenters. The van der Waals surface area contributed by atoms with Gasteiger partial charge in [0, 0.05) is 6.42 Å². The fourth-order valence-electron chi connectivity index (χ4n) is 4.57. The SMILES string of the molecule is CC1(C)CCC(OC2CCCCC2)(OC2CCCCC2)C1O. The molecule has 128 valence electrons. The molecule has 3 aliphatic carbocycles. The summed E-state index contributed by atoms with van der Waals surface area (Å²) in [5, 5.41) is 11.0. The Labute approximate surface area is 135 Å². The maximum Gasteiger partial charge on any atom is 0.195 e. The maximum absolute atomic E-state index is 11.0. The van der Waals surface area contributed by atoms with Crippen LogP contribution in [-0.2, 0) is 9.47 Å². The number of aliphatic hydroxyl groups is 1. The summed E-state index contributed by atoms with van der Waals surface area (Å²) >= 11 is 0. The molecule has 0 bridgehead atoms. The Balaban J connectivity index is 1.72. The molecular formula is C19H34O3. The molecule has 0 aromatic rings. The Morgan fingerprint density at radius 3 is 1.55 bits per heavy atom. The second kappa shape index (κ2) is 6.78. The average Bonchev–Trinajstić information content (AvgIpc) is 2.74. The molecular weight excluding hydrogens is 276 g/mol. The lowest BCUT2D eigenvalue weighted by Crippen LogP contribution is -2.52. The molecule has 22 heavy (non-hydrogen) atoms. The van der Waals surface area contributed by atoms with E-state index in [9.17, 15) is 5.11 Å². The standard InChI is InChI=1S/C19H34O3/c1-18(2)13-14-19(17(18)20,21-15-9-5-3-6-10-15)22-16-11-7-4-8-12-16/h15-17,20H,3-14H2,1-2H3. The largest absolute Gasteiger partial charge is 0.387 e. The first-order valence-electron chi connectivity index (χ1n) is 9.56. The normalized spacial score (nSPS) is 33.1. The van der Waals surface area contributed by atoms with Gasteiger partial charge in [-0.1, -0.05) is 52.4 Å². The van der Waals surface area contributed by atoms with Crippen molar-refractivity contribution in [3.8, 4) is 0 Å². The molecule has 0 saturated heterocycles. The molecule has 3 nitrogen and oxygen atoms in total. The third-order valence-electron chi connectivity index (χ3n) is 6.11. The van der Waals surface area contributed by atoms with Gasteiger partial charge < -0.3 is 14.6 Å². The van der Waals surface area contributed by atoms with Crippen molar-refractivity contribution in [3.63, 3.8) is 0 Å². The van der Waals surface area contributed by atoms with E-state index in [1.165, 1.54) is 38.5 Å². The second-order valence-corrected chi connectivity index (χ2v) is 8.46. The van der Waals surface area contributed by atoms with Crippen molar-refractivity contribution in [2.24, 2.45) is 5.41 Å². The first kappa shape index (κ1) is 16.7. The summed E-state index contributed by atoms with van der Waals surface area (Å²) in [6, 6.07) is 0. The van der Waals surface area contributed by atoms with Gasteiger partial charge in [0.05, 0.1) is 12.2 Å². The van der Waals surface area contributed by atoms with Crippen LogP contribution < -0.4 is 0 Å². The summed E-state index contributed by atoms with van der Waals surface area (Å²) in [4.78, 5) is 0. The zero-order valence-electron chi connectivity index (χ0n) is 14.5. The average molecular weight is 310 g/mol. The van der Waals surface area contributed by atoms with Crippen LogP contribution in [0.2, 0.25) is 0 Å². The van der Waals surface area contributed by atoms with Crippen LogP contribution in [0.5, 0.6) is 0 Å². The molecule has 0 heterocycles. The van der Waals surface area contributed by atoms with E-state index in [1.807, 2.05) is 0 Å². The Morgan fingerprint density at radius 1 is 0.727 bits per heavy atom. The molecule has 3 aliphatic rings. The van der Waals surface area contributed by atoms with E-state index in [0.29, 0.717) is 0 Å². The molecule has 3 heteroatoms. The van der Waals surface area contributed by atoms with Crippen LogP contribution >= 0.6 is 0 Å². The predicted molar refractivity (Wildman–Crippen MR) is 87.7 cm³/mol. The summed E-state index contributed by atoms with van der Waals surface area (Å²) < 4.78 is 13.0. The van der Waals surface area contributed by atoms with Crippen molar-refractivity contribution in [2.75, 3.05) is 0 Å². The van der Waals surface area contributed by atoms with Gasteiger partial charge in [-0.3, -0.25) is 0 Å². The van der Waals surface area contributed by atoms with E-state index in [1.54, 1.807) is 0 Å². The lowest BCUT2D eigenvalue weighted by atomic mass is 9.88. The van der Waals surface area contributed by atoms with Gasteiger partial charge in [-0.2, -0.15) is 0 Å². The van der Waals surface area contributed by atoms with Crippen molar-refractivity contribution in [1.29, 1.82) is 0 Å². The zero-order chi connectivity index (χ0) is 15.6. The van der Waals surface area contributed by atoms with Crippen LogP contribution in [0.3, 0.4) is 0 Å². The highest BCUT2D eigenvalue weighted by molar-refractivity contribution is 4.99. The van der Waals surface area contributed by atoms with Crippen molar-refractivity contribution < 1.29 is 14.6 Å². The van der Waals surface area contributed by atoms with Gasteiger partial charge in [0.15, 0.2) is 5.79 Å². The lowest BCUT2D eigenvalue weighted by Gasteiger charge is -2.42. The van der Waals surface area contributed by atoms with E-state index in [4.69, 9.17) is 9.47 Å². The lowest BCUT2D eigenvalue weighted by molar-refractivity contribution is -0.319. The summed E-state index contributed by atoms with van der Waals surface area (Å²) in [7, 11) is 0. The van der Waals surface area contributed by atoms with Crippen LogP contribution in [0, 0.1) is 5.41 Å². The van der Waals surface area contributed by atoms with Crippen molar-refractivity contribution >= 4 is 0 Å². The van der Waals surface area contributed by atoms with E-state index in [-0.39, 0.29) is 17.6 Å². The molecule has 0 aromatic carbocycles.